The van der Waals surface area contributed by atoms with Gasteiger partial charge in [0.1, 0.15) is 11.5 Å². The number of nitrogens with zero attached hydrogens (tertiary/aromatic N) is 2. The van der Waals surface area contributed by atoms with E-state index in [9.17, 15) is 4.79 Å². The van der Waals surface area contributed by atoms with E-state index in [2.05, 4.69) is 20.5 Å². The summed E-state index contributed by atoms with van der Waals surface area (Å²) in [5.74, 6) is 1.73. The van der Waals surface area contributed by atoms with Crippen molar-refractivity contribution in [3.63, 3.8) is 0 Å². The molecule has 2 aromatic heterocycles. The van der Waals surface area contributed by atoms with Gasteiger partial charge in [-0.25, -0.2) is 9.78 Å². The lowest BCUT2D eigenvalue weighted by molar-refractivity contribution is 0.0122. The molecule has 0 saturated carbocycles. The highest BCUT2D eigenvalue weighted by Crippen LogP contribution is 2.23. The maximum atomic E-state index is 12.0. The number of urea groups is 1. The van der Waals surface area contributed by atoms with Crippen LogP contribution in [0.25, 0.3) is 0 Å². The van der Waals surface area contributed by atoms with Gasteiger partial charge >= 0.3 is 6.03 Å². The molecule has 3 rings (SSSR count). The van der Waals surface area contributed by atoms with Gasteiger partial charge in [-0.1, -0.05) is 0 Å². The Morgan fingerprint density at radius 2 is 2.26 bits per heavy atom. The number of nitrogens with one attached hydrogen (secondary N) is 2. The van der Waals surface area contributed by atoms with Crippen molar-refractivity contribution in [3.8, 4) is 0 Å². The van der Waals surface area contributed by atoms with Crippen LogP contribution < -0.4 is 10.6 Å². The van der Waals surface area contributed by atoms with E-state index in [1.165, 1.54) is 11.3 Å². The molecule has 2 aromatic rings. The van der Waals surface area contributed by atoms with Gasteiger partial charge in [0, 0.05) is 31.2 Å². The topological polar surface area (TPSA) is 79.6 Å². The van der Waals surface area contributed by atoms with E-state index in [0.29, 0.717) is 24.9 Å². The van der Waals surface area contributed by atoms with Crippen molar-refractivity contribution < 1.29 is 13.9 Å². The molecule has 1 aliphatic rings. The van der Waals surface area contributed by atoms with E-state index in [-0.39, 0.29) is 12.1 Å². The minimum absolute atomic E-state index is 0.00496. The minimum atomic E-state index is -0.263. The molecule has 124 valence electrons. The lowest BCUT2D eigenvalue weighted by Gasteiger charge is -2.33. The highest BCUT2D eigenvalue weighted by molar-refractivity contribution is 7.13. The highest BCUT2D eigenvalue weighted by Gasteiger charge is 2.25. The fourth-order valence-corrected chi connectivity index (χ4v) is 3.07. The van der Waals surface area contributed by atoms with E-state index in [1.54, 1.807) is 6.20 Å². The second kappa shape index (κ2) is 7.58. The summed E-state index contributed by atoms with van der Waals surface area (Å²) in [6.07, 6.45) is 1.66. The number of rotatable bonds is 5. The van der Waals surface area contributed by atoms with Crippen molar-refractivity contribution in [1.29, 1.82) is 0 Å². The summed E-state index contributed by atoms with van der Waals surface area (Å²) in [7, 11) is 0. The van der Waals surface area contributed by atoms with Crippen LogP contribution in [0.5, 0.6) is 0 Å². The van der Waals surface area contributed by atoms with Gasteiger partial charge in [0.05, 0.1) is 19.3 Å². The molecule has 0 aromatic carbocycles. The molecule has 23 heavy (non-hydrogen) atoms. The first-order chi connectivity index (χ1) is 11.2. The fourth-order valence-electron chi connectivity index (χ4n) is 2.55. The van der Waals surface area contributed by atoms with Crippen molar-refractivity contribution >= 4 is 22.5 Å². The number of morpholine rings is 1. The minimum Gasteiger partial charge on any atom is -0.465 e. The number of thiazole rings is 1. The van der Waals surface area contributed by atoms with Crippen molar-refractivity contribution in [2.75, 3.05) is 38.2 Å². The summed E-state index contributed by atoms with van der Waals surface area (Å²) in [5.41, 5.74) is 0. The molecule has 2 N–H and O–H groups in total. The Balaban J connectivity index is 1.62. The maximum absolute atomic E-state index is 12.0. The lowest BCUT2D eigenvalue weighted by Crippen LogP contribution is -2.44. The van der Waals surface area contributed by atoms with E-state index < -0.39 is 0 Å². The summed E-state index contributed by atoms with van der Waals surface area (Å²) >= 11 is 1.38. The molecule has 1 fully saturated rings. The second-order valence-corrected chi connectivity index (χ2v) is 6.18. The number of ether oxygens (including phenoxy) is 1. The number of hydrogen-bond donors (Lipinski definition) is 2. The molecule has 0 radical (unpaired) electrons. The average molecular weight is 336 g/mol. The highest BCUT2D eigenvalue weighted by atomic mass is 32.1. The van der Waals surface area contributed by atoms with Crippen molar-refractivity contribution in [2.24, 2.45) is 0 Å². The first-order valence-corrected chi connectivity index (χ1v) is 8.43. The number of aryl methyl sites for hydroxylation is 1. The largest absolute Gasteiger partial charge is 0.465 e. The first-order valence-electron chi connectivity index (χ1n) is 7.55. The van der Waals surface area contributed by atoms with Crippen LogP contribution >= 0.6 is 11.3 Å². The molecule has 1 saturated heterocycles. The van der Waals surface area contributed by atoms with Crippen LogP contribution in [-0.4, -0.2) is 48.8 Å². The lowest BCUT2D eigenvalue weighted by atomic mass is 10.1. The zero-order chi connectivity index (χ0) is 16.1. The summed E-state index contributed by atoms with van der Waals surface area (Å²) in [6.45, 7) is 5.41. The Morgan fingerprint density at radius 3 is 2.91 bits per heavy atom. The number of aromatic nitrogens is 1. The van der Waals surface area contributed by atoms with Crippen LogP contribution in [0.2, 0.25) is 0 Å². The molecule has 0 aliphatic carbocycles. The molecule has 3 heterocycles. The third-order valence-corrected chi connectivity index (χ3v) is 4.37. The molecule has 1 aliphatic heterocycles. The molecule has 7 nitrogen and oxygen atoms in total. The third-order valence-electron chi connectivity index (χ3n) is 3.68. The fraction of sp³-hybridized carbons (Fsp3) is 0.467. The summed E-state index contributed by atoms with van der Waals surface area (Å²) < 4.78 is 11.2. The van der Waals surface area contributed by atoms with E-state index in [4.69, 9.17) is 9.15 Å². The van der Waals surface area contributed by atoms with E-state index >= 15 is 0 Å². The molecule has 2 amide bonds. The predicted molar refractivity (Wildman–Crippen MR) is 87.7 cm³/mol. The van der Waals surface area contributed by atoms with Gasteiger partial charge in [-0.05, 0) is 19.1 Å². The van der Waals surface area contributed by atoms with Gasteiger partial charge in [-0.2, -0.15) is 0 Å². The normalized spacial score (nSPS) is 16.9. The number of amides is 2. The summed E-state index contributed by atoms with van der Waals surface area (Å²) in [4.78, 5) is 18.3. The molecular weight excluding hydrogens is 316 g/mol. The van der Waals surface area contributed by atoms with E-state index in [0.717, 1.165) is 24.6 Å². The zero-order valence-corrected chi connectivity index (χ0v) is 13.8. The van der Waals surface area contributed by atoms with Crippen LogP contribution in [0, 0.1) is 6.92 Å². The SMILES string of the molecule is Cc1ccc([C@H](CNC(=O)Nc2nccs2)N2CCOCC2)o1. The van der Waals surface area contributed by atoms with Gasteiger partial charge in [-0.15, -0.1) is 11.3 Å². The Bertz CT molecular complexity index is 622. The van der Waals surface area contributed by atoms with Crippen molar-refractivity contribution in [1.82, 2.24) is 15.2 Å². The monoisotopic (exact) mass is 336 g/mol. The smallest absolute Gasteiger partial charge is 0.321 e. The molecule has 0 bridgehead atoms. The molecule has 0 spiro atoms. The van der Waals surface area contributed by atoms with Gasteiger partial charge in [-0.3, -0.25) is 10.2 Å². The third kappa shape index (κ3) is 4.31. The van der Waals surface area contributed by atoms with Crippen LogP contribution in [0.1, 0.15) is 17.6 Å². The maximum Gasteiger partial charge on any atom is 0.321 e. The Kier molecular flexibility index (Phi) is 5.27. The van der Waals surface area contributed by atoms with Crippen molar-refractivity contribution in [2.45, 2.75) is 13.0 Å². The van der Waals surface area contributed by atoms with Gasteiger partial charge in [0.2, 0.25) is 0 Å². The Morgan fingerprint density at radius 1 is 1.43 bits per heavy atom. The standard InChI is InChI=1S/C15H20N4O3S/c1-11-2-3-13(22-11)12(19-5-7-21-8-6-19)10-17-14(20)18-15-16-4-9-23-15/h2-4,9,12H,5-8,10H2,1H3,(H2,16,17,18,20)/t12-/m0/s1. The molecule has 1 atom stereocenters. The van der Waals surface area contributed by atoms with Crippen LogP contribution in [-0.2, 0) is 4.74 Å². The van der Waals surface area contributed by atoms with Crippen LogP contribution in [0.15, 0.2) is 28.1 Å². The number of hydrogen-bond acceptors (Lipinski definition) is 6. The zero-order valence-electron chi connectivity index (χ0n) is 12.9. The van der Waals surface area contributed by atoms with Gasteiger partial charge < -0.3 is 14.5 Å². The number of furan rings is 1. The van der Waals surface area contributed by atoms with Crippen molar-refractivity contribution in [3.05, 3.63) is 35.2 Å². The molecular formula is C15H20N4O3S. The van der Waals surface area contributed by atoms with Gasteiger partial charge in [0.25, 0.3) is 0 Å². The number of carbonyl (C=O) groups excluding carboxylic acids is 1. The number of carbonyl (C=O) groups is 1. The Labute approximate surface area is 138 Å². The quantitative estimate of drug-likeness (QED) is 0.875. The Hall–Kier alpha value is -1.90. The number of anilines is 1. The van der Waals surface area contributed by atoms with Gasteiger partial charge in [0.15, 0.2) is 5.13 Å². The summed E-state index contributed by atoms with van der Waals surface area (Å²) in [5, 5.41) is 8.02. The van der Waals surface area contributed by atoms with Crippen LogP contribution in [0.4, 0.5) is 9.93 Å². The first kappa shape index (κ1) is 16.0. The average Bonchev–Trinajstić information content (AvgIpc) is 3.21. The van der Waals surface area contributed by atoms with Crippen LogP contribution in [0.3, 0.4) is 0 Å². The van der Waals surface area contributed by atoms with E-state index in [1.807, 2.05) is 24.4 Å². The summed E-state index contributed by atoms with van der Waals surface area (Å²) in [6, 6.07) is 3.64. The molecule has 8 heteroatoms. The molecule has 0 unspecified atom stereocenters. The predicted octanol–water partition coefficient (Wildman–Crippen LogP) is 2.24. The second-order valence-electron chi connectivity index (χ2n) is 5.28.